The van der Waals surface area contributed by atoms with Crippen LogP contribution in [0.5, 0.6) is 0 Å². The molecule has 0 spiro atoms. The first kappa shape index (κ1) is 10.5. The summed E-state index contributed by atoms with van der Waals surface area (Å²) in [5.41, 5.74) is -0.723. The van der Waals surface area contributed by atoms with E-state index in [1.165, 1.54) is 7.05 Å². The van der Waals surface area contributed by atoms with Crippen molar-refractivity contribution in [1.82, 2.24) is 14.5 Å². The van der Waals surface area contributed by atoms with E-state index >= 15 is 0 Å². The van der Waals surface area contributed by atoms with E-state index in [4.69, 9.17) is 0 Å². The molecule has 1 aromatic carbocycles. The highest BCUT2D eigenvalue weighted by Crippen LogP contribution is 2.09. The van der Waals surface area contributed by atoms with Gasteiger partial charge in [-0.1, -0.05) is 12.1 Å². The summed E-state index contributed by atoms with van der Waals surface area (Å²) in [6.45, 7) is 0. The average Bonchev–Trinajstić information content (AvgIpc) is 2.36. The van der Waals surface area contributed by atoms with Crippen molar-refractivity contribution in [2.45, 2.75) is 0 Å². The Balaban J connectivity index is 2.73. The Kier molecular flexibility index (Phi) is 1.97. The molecule has 0 amide bonds. The molecule has 2 heterocycles. The molecule has 0 atom stereocenters. The number of H-pyrrole nitrogens is 1. The van der Waals surface area contributed by atoms with Crippen molar-refractivity contribution in [1.29, 1.82) is 0 Å². The third-order valence-corrected chi connectivity index (χ3v) is 2.80. The van der Waals surface area contributed by atoms with Gasteiger partial charge in [-0.25, -0.2) is 9.78 Å². The maximum atomic E-state index is 12.1. The zero-order valence-electron chi connectivity index (χ0n) is 9.38. The molecule has 0 aliphatic heterocycles. The fraction of sp³-hybridized carbons (Fsp3) is 0.0909. The minimum Gasteiger partial charge on any atom is -0.618 e. The molecule has 0 unspecified atom stereocenters. The molecule has 3 aromatic rings. The van der Waals surface area contributed by atoms with Crippen LogP contribution in [0, 0.1) is 5.21 Å². The monoisotopic (exact) mass is 244 g/mol. The van der Waals surface area contributed by atoms with Crippen LogP contribution < -0.4 is 16.0 Å². The van der Waals surface area contributed by atoms with Crippen LogP contribution in [-0.2, 0) is 7.05 Å². The minimum atomic E-state index is -0.735. The molecular formula is C11H8N4O3. The lowest BCUT2D eigenvalue weighted by Crippen LogP contribution is -2.39. The number of hydrogen-bond acceptors (Lipinski definition) is 4. The zero-order chi connectivity index (χ0) is 12.9. The number of rotatable bonds is 0. The highest BCUT2D eigenvalue weighted by molar-refractivity contribution is 5.78. The van der Waals surface area contributed by atoms with Crippen molar-refractivity contribution in [2.24, 2.45) is 7.05 Å². The first-order valence-corrected chi connectivity index (χ1v) is 5.21. The second kappa shape index (κ2) is 3.39. The third-order valence-electron chi connectivity index (χ3n) is 2.80. The molecule has 0 saturated carbocycles. The van der Waals surface area contributed by atoms with Crippen molar-refractivity contribution in [3.63, 3.8) is 0 Å². The van der Waals surface area contributed by atoms with Gasteiger partial charge in [0.1, 0.15) is 5.52 Å². The number of aromatic nitrogens is 4. The van der Waals surface area contributed by atoms with Gasteiger partial charge in [-0.3, -0.25) is 14.3 Å². The molecule has 0 saturated heterocycles. The molecular weight excluding hydrogens is 236 g/mol. The standard InChI is InChI=1S/C11H8N4O3/c1-14-9-8(10(16)13-11(14)17)15(18)7-5-3-2-4-6(7)12-9/h2-5H,1H3,(H,13,16,17). The number of hydrogen-bond donors (Lipinski definition) is 1. The second-order valence-electron chi connectivity index (χ2n) is 3.89. The lowest BCUT2D eigenvalue weighted by atomic mass is 10.3. The largest absolute Gasteiger partial charge is 0.618 e. The van der Waals surface area contributed by atoms with E-state index < -0.39 is 11.2 Å². The van der Waals surface area contributed by atoms with Crippen molar-refractivity contribution in [2.75, 3.05) is 0 Å². The second-order valence-corrected chi connectivity index (χ2v) is 3.89. The average molecular weight is 244 g/mol. The summed E-state index contributed by atoms with van der Waals surface area (Å²) >= 11 is 0. The molecule has 7 nitrogen and oxygen atoms in total. The predicted molar refractivity (Wildman–Crippen MR) is 64.1 cm³/mol. The van der Waals surface area contributed by atoms with Gasteiger partial charge in [-0.2, -0.15) is 4.73 Å². The van der Waals surface area contributed by atoms with Crippen LogP contribution >= 0.6 is 0 Å². The number of para-hydroxylation sites is 2. The lowest BCUT2D eigenvalue weighted by molar-refractivity contribution is -0.549. The Bertz CT molecular complexity index is 894. The van der Waals surface area contributed by atoms with Gasteiger partial charge >= 0.3 is 16.8 Å². The maximum Gasteiger partial charge on any atom is 0.330 e. The van der Waals surface area contributed by atoms with E-state index in [9.17, 15) is 14.8 Å². The number of benzene rings is 1. The number of nitrogens with one attached hydrogen (secondary N) is 1. The molecule has 90 valence electrons. The fourth-order valence-electron chi connectivity index (χ4n) is 1.87. The van der Waals surface area contributed by atoms with Crippen LogP contribution in [0.1, 0.15) is 0 Å². The van der Waals surface area contributed by atoms with Gasteiger partial charge in [0, 0.05) is 13.1 Å². The summed E-state index contributed by atoms with van der Waals surface area (Å²) in [5, 5.41) is 12.1. The Morgan fingerprint density at radius 1 is 1.33 bits per heavy atom. The summed E-state index contributed by atoms with van der Waals surface area (Å²) in [6, 6.07) is 6.63. The number of aryl methyl sites for hydroxylation is 1. The number of fused-ring (bicyclic) bond motifs is 2. The molecule has 7 heteroatoms. The van der Waals surface area contributed by atoms with E-state index in [1.807, 2.05) is 0 Å². The van der Waals surface area contributed by atoms with E-state index in [-0.39, 0.29) is 16.7 Å². The van der Waals surface area contributed by atoms with E-state index in [1.54, 1.807) is 24.3 Å². The van der Waals surface area contributed by atoms with Gasteiger partial charge < -0.3 is 5.21 Å². The quantitative estimate of drug-likeness (QED) is 0.325. The van der Waals surface area contributed by atoms with Crippen molar-refractivity contribution >= 4 is 22.2 Å². The van der Waals surface area contributed by atoms with Crippen molar-refractivity contribution < 1.29 is 4.73 Å². The summed E-state index contributed by atoms with van der Waals surface area (Å²) in [7, 11) is 1.45. The summed E-state index contributed by atoms with van der Waals surface area (Å²) in [6.07, 6.45) is 0. The van der Waals surface area contributed by atoms with Crippen molar-refractivity contribution in [3.8, 4) is 0 Å². The Labute approximate surface area is 99.5 Å². The number of nitrogens with zero attached hydrogens (tertiary/aromatic N) is 3. The van der Waals surface area contributed by atoms with Crippen LogP contribution in [0.2, 0.25) is 0 Å². The van der Waals surface area contributed by atoms with E-state index in [0.717, 1.165) is 4.57 Å². The first-order chi connectivity index (χ1) is 8.59. The normalized spacial score (nSPS) is 11.2. The molecule has 2 aromatic heterocycles. The van der Waals surface area contributed by atoms with Gasteiger partial charge in [0.05, 0.1) is 0 Å². The molecule has 0 fully saturated rings. The topological polar surface area (TPSA) is 94.7 Å². The summed E-state index contributed by atoms with van der Waals surface area (Å²) < 4.78 is 1.63. The van der Waals surface area contributed by atoms with Gasteiger partial charge in [0.15, 0.2) is 0 Å². The SMILES string of the molecule is Cn1c(=O)[nH]c(=O)c2c1nc1ccccc1[n+]2[O-]. The maximum absolute atomic E-state index is 12.1. The highest BCUT2D eigenvalue weighted by Gasteiger charge is 2.18. The van der Waals surface area contributed by atoms with Gasteiger partial charge in [0.25, 0.3) is 0 Å². The van der Waals surface area contributed by atoms with Crippen LogP contribution in [-0.4, -0.2) is 14.5 Å². The minimum absolute atomic E-state index is 0.0671. The van der Waals surface area contributed by atoms with Crippen LogP contribution in [0.4, 0.5) is 0 Å². The van der Waals surface area contributed by atoms with Crippen LogP contribution in [0.3, 0.4) is 0 Å². The van der Waals surface area contributed by atoms with Crippen molar-refractivity contribution in [3.05, 3.63) is 50.3 Å². The third kappa shape index (κ3) is 1.24. The Hall–Kier alpha value is -2.70. The smallest absolute Gasteiger partial charge is 0.330 e. The predicted octanol–water partition coefficient (Wildman–Crippen LogP) is -0.592. The molecule has 0 bridgehead atoms. The van der Waals surface area contributed by atoms with E-state index in [2.05, 4.69) is 9.97 Å². The van der Waals surface area contributed by atoms with Gasteiger partial charge in [0.2, 0.25) is 11.2 Å². The zero-order valence-corrected chi connectivity index (χ0v) is 9.38. The Morgan fingerprint density at radius 3 is 2.83 bits per heavy atom. The molecule has 1 N–H and O–H groups in total. The molecule has 18 heavy (non-hydrogen) atoms. The van der Waals surface area contributed by atoms with Gasteiger partial charge in [-0.05, 0) is 6.07 Å². The Morgan fingerprint density at radius 2 is 2.06 bits per heavy atom. The van der Waals surface area contributed by atoms with Crippen LogP contribution in [0.15, 0.2) is 33.9 Å². The molecule has 0 aliphatic rings. The van der Waals surface area contributed by atoms with Crippen LogP contribution in [0.25, 0.3) is 22.2 Å². The lowest BCUT2D eigenvalue weighted by Gasteiger charge is -2.06. The number of aromatic amines is 1. The highest BCUT2D eigenvalue weighted by atomic mass is 16.5. The fourth-order valence-corrected chi connectivity index (χ4v) is 1.87. The molecule has 0 aliphatic carbocycles. The molecule has 3 rings (SSSR count). The first-order valence-electron chi connectivity index (χ1n) is 5.21. The summed E-state index contributed by atoms with van der Waals surface area (Å²) in [5.74, 6) is 0. The van der Waals surface area contributed by atoms with Gasteiger partial charge in [-0.15, -0.1) is 0 Å². The molecule has 0 radical (unpaired) electrons. The van der Waals surface area contributed by atoms with E-state index in [0.29, 0.717) is 10.2 Å². The summed E-state index contributed by atoms with van der Waals surface area (Å²) in [4.78, 5) is 29.4.